The maximum Gasteiger partial charge on any atom is 0.339 e. The number of carbonyl (C=O) groups is 1. The Morgan fingerprint density at radius 2 is 2.29 bits per heavy atom. The van der Waals surface area contributed by atoms with E-state index in [-0.39, 0.29) is 10.6 Å². The molecule has 2 rings (SSSR count). The van der Waals surface area contributed by atoms with Crippen molar-refractivity contribution in [3.63, 3.8) is 0 Å². The number of fused-ring (bicyclic) bond motifs is 1. The fraction of sp³-hybridized carbons (Fsp3) is 0.111. The number of carboxylic acids is 1. The van der Waals surface area contributed by atoms with Crippen LogP contribution in [0.25, 0.3) is 10.9 Å². The van der Waals surface area contributed by atoms with Gasteiger partial charge in [0, 0.05) is 12.4 Å². The summed E-state index contributed by atoms with van der Waals surface area (Å²) < 4.78 is 1.50. The summed E-state index contributed by atoms with van der Waals surface area (Å²) in [5.74, 6) is -1.04. The second kappa shape index (κ2) is 2.99. The normalized spacial score (nSPS) is 10.7. The van der Waals surface area contributed by atoms with Crippen molar-refractivity contribution in [2.75, 3.05) is 0 Å². The summed E-state index contributed by atoms with van der Waals surface area (Å²) in [6, 6.07) is 3.31. The maximum absolute atomic E-state index is 11.0. The van der Waals surface area contributed by atoms with Gasteiger partial charge in [-0.25, -0.2) is 4.79 Å². The molecule has 0 amide bonds. The van der Waals surface area contributed by atoms with Crippen molar-refractivity contribution in [3.05, 3.63) is 28.9 Å². The van der Waals surface area contributed by atoms with E-state index in [1.165, 1.54) is 4.68 Å². The maximum atomic E-state index is 11.0. The Morgan fingerprint density at radius 3 is 2.93 bits per heavy atom. The molecule has 0 aliphatic carbocycles. The Balaban J connectivity index is 2.94. The third-order valence-corrected chi connectivity index (χ3v) is 2.38. The predicted octanol–water partition coefficient (Wildman–Crippen LogP) is 1.92. The molecule has 2 aromatic rings. The highest BCUT2D eigenvalue weighted by molar-refractivity contribution is 6.35. The van der Waals surface area contributed by atoms with E-state index in [0.29, 0.717) is 5.52 Å². The number of rotatable bonds is 1. The number of carboxylic acid groups (broad SMARTS) is 1. The molecule has 4 nitrogen and oxygen atoms in total. The van der Waals surface area contributed by atoms with Crippen molar-refractivity contribution in [1.29, 1.82) is 0 Å². The number of hydrogen-bond acceptors (Lipinski definition) is 2. The van der Waals surface area contributed by atoms with E-state index in [0.717, 1.165) is 5.39 Å². The lowest BCUT2D eigenvalue weighted by atomic mass is 10.1. The van der Waals surface area contributed by atoms with Gasteiger partial charge in [-0.15, -0.1) is 0 Å². The molecule has 0 spiro atoms. The average Bonchev–Trinajstić information content (AvgIpc) is 2.47. The first kappa shape index (κ1) is 9.02. The van der Waals surface area contributed by atoms with Crippen LogP contribution in [0, 0.1) is 0 Å². The van der Waals surface area contributed by atoms with Crippen LogP contribution in [0.5, 0.6) is 0 Å². The summed E-state index contributed by atoms with van der Waals surface area (Å²) in [6.45, 7) is 0. The lowest BCUT2D eigenvalue weighted by Gasteiger charge is -2.02. The van der Waals surface area contributed by atoms with Crippen molar-refractivity contribution >= 4 is 28.5 Å². The monoisotopic (exact) mass is 210 g/mol. The number of aromatic carboxylic acids is 1. The van der Waals surface area contributed by atoms with E-state index < -0.39 is 5.97 Å². The molecule has 1 N–H and O–H groups in total. The van der Waals surface area contributed by atoms with Crippen molar-refractivity contribution in [1.82, 2.24) is 9.78 Å². The lowest BCUT2D eigenvalue weighted by molar-refractivity contribution is 0.0698. The van der Waals surface area contributed by atoms with E-state index in [1.54, 1.807) is 25.4 Å². The van der Waals surface area contributed by atoms with Crippen molar-refractivity contribution in [2.24, 2.45) is 7.05 Å². The van der Waals surface area contributed by atoms with Crippen molar-refractivity contribution < 1.29 is 9.90 Å². The zero-order valence-electron chi connectivity index (χ0n) is 7.36. The van der Waals surface area contributed by atoms with Gasteiger partial charge in [-0.2, -0.15) is 5.10 Å². The molecule has 1 aromatic heterocycles. The van der Waals surface area contributed by atoms with Crippen LogP contribution >= 0.6 is 11.6 Å². The van der Waals surface area contributed by atoms with Gasteiger partial charge in [-0.3, -0.25) is 4.68 Å². The summed E-state index contributed by atoms with van der Waals surface area (Å²) in [7, 11) is 1.69. The number of benzene rings is 1. The van der Waals surface area contributed by atoms with Crippen LogP contribution in [-0.4, -0.2) is 20.9 Å². The highest BCUT2D eigenvalue weighted by Crippen LogP contribution is 2.25. The summed E-state index contributed by atoms with van der Waals surface area (Å²) >= 11 is 5.81. The number of hydrogen-bond donors (Lipinski definition) is 1. The van der Waals surface area contributed by atoms with E-state index in [9.17, 15) is 4.79 Å². The van der Waals surface area contributed by atoms with Gasteiger partial charge in [0.05, 0.1) is 16.7 Å². The quantitative estimate of drug-likeness (QED) is 0.783. The molecule has 0 bridgehead atoms. The average molecular weight is 211 g/mol. The first-order chi connectivity index (χ1) is 6.61. The fourth-order valence-electron chi connectivity index (χ4n) is 1.45. The number of aromatic nitrogens is 2. The molecule has 1 heterocycles. The molecule has 72 valence electrons. The highest BCUT2D eigenvalue weighted by atomic mass is 35.5. The van der Waals surface area contributed by atoms with Crippen LogP contribution in [0.1, 0.15) is 10.4 Å². The summed E-state index contributed by atoms with van der Waals surface area (Å²) in [5, 5.41) is 14.0. The van der Waals surface area contributed by atoms with Crippen molar-refractivity contribution in [3.8, 4) is 0 Å². The summed E-state index contributed by atoms with van der Waals surface area (Å²) in [6.07, 6.45) is 1.61. The van der Waals surface area contributed by atoms with Crippen molar-refractivity contribution in [2.45, 2.75) is 0 Å². The van der Waals surface area contributed by atoms with E-state index in [1.807, 2.05) is 0 Å². The largest absolute Gasteiger partial charge is 0.478 e. The van der Waals surface area contributed by atoms with Crippen LogP contribution in [0.15, 0.2) is 18.3 Å². The smallest absolute Gasteiger partial charge is 0.339 e. The first-order valence-electron chi connectivity index (χ1n) is 3.95. The Labute approximate surface area is 84.7 Å². The van der Waals surface area contributed by atoms with Gasteiger partial charge in [0.25, 0.3) is 0 Å². The predicted molar refractivity (Wildman–Crippen MR) is 52.7 cm³/mol. The van der Waals surface area contributed by atoms with Gasteiger partial charge < -0.3 is 5.11 Å². The highest BCUT2D eigenvalue weighted by Gasteiger charge is 2.15. The van der Waals surface area contributed by atoms with Crippen LogP contribution in [0.3, 0.4) is 0 Å². The van der Waals surface area contributed by atoms with E-state index in [4.69, 9.17) is 16.7 Å². The van der Waals surface area contributed by atoms with Crippen LogP contribution in [-0.2, 0) is 7.05 Å². The van der Waals surface area contributed by atoms with Crippen LogP contribution in [0.4, 0.5) is 0 Å². The Bertz CT molecular complexity index is 519. The zero-order chi connectivity index (χ0) is 10.3. The number of aryl methyl sites for hydroxylation is 1. The molecule has 14 heavy (non-hydrogen) atoms. The van der Waals surface area contributed by atoms with Crippen LogP contribution < -0.4 is 0 Å². The zero-order valence-corrected chi connectivity index (χ0v) is 8.12. The van der Waals surface area contributed by atoms with Gasteiger partial charge in [0.1, 0.15) is 5.56 Å². The molecular weight excluding hydrogens is 204 g/mol. The second-order valence-corrected chi connectivity index (χ2v) is 3.34. The van der Waals surface area contributed by atoms with E-state index in [2.05, 4.69) is 5.10 Å². The molecule has 0 radical (unpaired) electrons. The molecule has 0 unspecified atom stereocenters. The van der Waals surface area contributed by atoms with Gasteiger partial charge >= 0.3 is 5.97 Å². The topological polar surface area (TPSA) is 55.1 Å². The standard InChI is InChI=1S/C9H7ClN2O2/c1-12-8-5(4-11-12)2-3-6(10)7(8)9(13)14/h2-4H,1H3,(H,13,14). The van der Waals surface area contributed by atoms with E-state index >= 15 is 0 Å². The lowest BCUT2D eigenvalue weighted by Crippen LogP contribution is -2.02. The van der Waals surface area contributed by atoms with Gasteiger partial charge in [0.2, 0.25) is 0 Å². The molecule has 0 saturated carbocycles. The molecule has 0 fully saturated rings. The first-order valence-corrected chi connectivity index (χ1v) is 4.32. The van der Waals surface area contributed by atoms with Gasteiger partial charge in [-0.1, -0.05) is 11.6 Å². The third kappa shape index (κ3) is 1.15. The minimum atomic E-state index is -1.04. The SMILES string of the molecule is Cn1ncc2ccc(Cl)c(C(=O)O)c21. The second-order valence-electron chi connectivity index (χ2n) is 2.93. The summed E-state index contributed by atoms with van der Waals surface area (Å²) in [4.78, 5) is 11.0. The Kier molecular flexibility index (Phi) is 1.93. The third-order valence-electron chi connectivity index (χ3n) is 2.07. The van der Waals surface area contributed by atoms with Gasteiger partial charge in [-0.05, 0) is 12.1 Å². The van der Waals surface area contributed by atoms with Gasteiger partial charge in [0.15, 0.2) is 0 Å². The molecule has 5 heteroatoms. The number of nitrogens with zero attached hydrogens (tertiary/aromatic N) is 2. The molecule has 0 atom stereocenters. The minimum absolute atomic E-state index is 0.101. The molecule has 1 aromatic carbocycles. The summed E-state index contributed by atoms with van der Waals surface area (Å²) in [5.41, 5.74) is 0.647. The fourth-order valence-corrected chi connectivity index (χ4v) is 1.68. The number of halogens is 1. The Morgan fingerprint density at radius 1 is 1.57 bits per heavy atom. The molecular formula is C9H7ClN2O2. The molecule has 0 saturated heterocycles. The minimum Gasteiger partial charge on any atom is -0.478 e. The van der Waals surface area contributed by atoms with Crippen LogP contribution in [0.2, 0.25) is 5.02 Å². The Hall–Kier alpha value is -1.55. The molecule has 0 aliphatic rings. The molecule has 0 aliphatic heterocycles.